The number of amides is 4. The molecule has 0 fully saturated rings. The number of alkyl carbamates (subject to hydrolysis) is 1. The first kappa shape index (κ1) is 34.3. The largest absolute Gasteiger partial charge is 0.444 e. The Morgan fingerprint density at radius 2 is 1.64 bits per heavy atom. The first-order chi connectivity index (χ1) is 19.8. The lowest BCUT2D eigenvalue weighted by Crippen LogP contribution is -2.53. The van der Waals surface area contributed by atoms with Crippen molar-refractivity contribution in [3.63, 3.8) is 0 Å². The van der Waals surface area contributed by atoms with Crippen molar-refractivity contribution in [2.45, 2.75) is 104 Å². The zero-order valence-corrected chi connectivity index (χ0v) is 26.0. The van der Waals surface area contributed by atoms with Gasteiger partial charge in [0.15, 0.2) is 0 Å². The van der Waals surface area contributed by atoms with Crippen LogP contribution in [0.15, 0.2) is 48.5 Å². The Balaban J connectivity index is 2.52. The minimum absolute atomic E-state index is 0.0237. The lowest BCUT2D eigenvalue weighted by atomic mass is 9.97. The second kappa shape index (κ2) is 16.5. The molecule has 0 saturated carbocycles. The fourth-order valence-electron chi connectivity index (χ4n) is 4.56. The first-order valence-electron chi connectivity index (χ1n) is 14.8. The normalized spacial score (nSPS) is 12.6. The van der Waals surface area contributed by atoms with Crippen molar-refractivity contribution in [2.75, 3.05) is 6.54 Å². The molecule has 2 unspecified atom stereocenters. The Bertz CT molecular complexity index is 1190. The molecule has 0 spiro atoms. The molecule has 0 bridgehead atoms. The summed E-state index contributed by atoms with van der Waals surface area (Å²) in [6.45, 7) is 11.8. The summed E-state index contributed by atoms with van der Waals surface area (Å²) in [5.41, 5.74) is 8.27. The van der Waals surface area contributed by atoms with Crippen LogP contribution in [-0.2, 0) is 25.7 Å². The van der Waals surface area contributed by atoms with Crippen molar-refractivity contribution in [1.82, 2.24) is 15.5 Å². The summed E-state index contributed by atoms with van der Waals surface area (Å²) < 4.78 is 5.41. The molecule has 4 amide bonds. The third-order valence-corrected chi connectivity index (χ3v) is 6.92. The predicted molar refractivity (Wildman–Crippen MR) is 164 cm³/mol. The first-order valence-corrected chi connectivity index (χ1v) is 14.8. The summed E-state index contributed by atoms with van der Waals surface area (Å²) in [5, 5.41) is 5.65. The van der Waals surface area contributed by atoms with E-state index >= 15 is 0 Å². The molecule has 0 aliphatic carbocycles. The zero-order valence-electron chi connectivity index (χ0n) is 26.0. The van der Waals surface area contributed by atoms with Crippen LogP contribution in [0.3, 0.4) is 0 Å². The highest BCUT2D eigenvalue weighted by Crippen LogP contribution is 2.26. The number of rotatable bonds is 15. The average molecular weight is 581 g/mol. The minimum atomic E-state index is -1.12. The molecule has 0 saturated heterocycles. The maximum atomic E-state index is 14.3. The Morgan fingerprint density at radius 3 is 2.24 bits per heavy atom. The van der Waals surface area contributed by atoms with Crippen molar-refractivity contribution in [2.24, 2.45) is 5.73 Å². The second-order valence-corrected chi connectivity index (χ2v) is 11.7. The van der Waals surface area contributed by atoms with Crippen LogP contribution in [-0.4, -0.2) is 46.9 Å². The Hall–Kier alpha value is -3.88. The van der Waals surface area contributed by atoms with Crippen molar-refractivity contribution < 1.29 is 23.9 Å². The standard InChI is InChI=1S/C33H48N4O5/c1-7-8-9-13-20-37(31(40)27(18-19-28(34)38)36-32(41)42-33(4,5)6)29(26-17-16-23(2)24(3)21-26)30(39)35-22-25-14-11-10-12-15-25/h10-12,14-17,21,27,29H,7-9,13,18-20,22H2,1-6H3,(H2,34,38)(H,35,39)(H,36,41). The van der Waals surface area contributed by atoms with E-state index in [1.807, 2.05) is 62.4 Å². The Morgan fingerprint density at radius 1 is 0.952 bits per heavy atom. The molecule has 9 nitrogen and oxygen atoms in total. The van der Waals surface area contributed by atoms with E-state index in [1.165, 1.54) is 4.90 Å². The van der Waals surface area contributed by atoms with Gasteiger partial charge in [0.25, 0.3) is 0 Å². The van der Waals surface area contributed by atoms with Gasteiger partial charge in [-0.1, -0.05) is 74.7 Å². The number of hydrogen-bond acceptors (Lipinski definition) is 5. The molecule has 2 atom stereocenters. The summed E-state index contributed by atoms with van der Waals surface area (Å²) in [7, 11) is 0. The van der Waals surface area contributed by atoms with E-state index in [2.05, 4.69) is 17.6 Å². The van der Waals surface area contributed by atoms with E-state index in [9.17, 15) is 19.2 Å². The van der Waals surface area contributed by atoms with Crippen molar-refractivity contribution in [3.05, 3.63) is 70.8 Å². The van der Waals surface area contributed by atoms with Gasteiger partial charge in [-0.25, -0.2) is 4.79 Å². The van der Waals surface area contributed by atoms with Crippen molar-refractivity contribution in [1.29, 1.82) is 0 Å². The summed E-state index contributed by atoms with van der Waals surface area (Å²) in [6.07, 6.45) is 2.60. The molecule has 9 heteroatoms. The number of nitrogens with one attached hydrogen (secondary N) is 2. The molecule has 4 N–H and O–H groups in total. The van der Waals surface area contributed by atoms with E-state index in [0.29, 0.717) is 18.5 Å². The second-order valence-electron chi connectivity index (χ2n) is 11.7. The van der Waals surface area contributed by atoms with E-state index in [-0.39, 0.29) is 25.3 Å². The predicted octanol–water partition coefficient (Wildman–Crippen LogP) is 5.23. The lowest BCUT2D eigenvalue weighted by Gasteiger charge is -2.35. The van der Waals surface area contributed by atoms with Gasteiger partial charge in [0, 0.05) is 19.5 Å². The van der Waals surface area contributed by atoms with Gasteiger partial charge in [0.2, 0.25) is 17.7 Å². The molecule has 0 heterocycles. The molecule has 2 aromatic carbocycles. The van der Waals surface area contributed by atoms with Gasteiger partial charge in [-0.2, -0.15) is 0 Å². The van der Waals surface area contributed by atoms with Gasteiger partial charge in [0.05, 0.1) is 0 Å². The van der Waals surface area contributed by atoms with E-state index in [1.54, 1.807) is 20.8 Å². The summed E-state index contributed by atoms with van der Waals surface area (Å²) in [5.74, 6) is -1.41. The molecular weight excluding hydrogens is 532 g/mol. The van der Waals surface area contributed by atoms with Gasteiger partial charge in [-0.3, -0.25) is 14.4 Å². The van der Waals surface area contributed by atoms with E-state index in [0.717, 1.165) is 36.0 Å². The molecule has 42 heavy (non-hydrogen) atoms. The van der Waals surface area contributed by atoms with Crippen LogP contribution in [0.2, 0.25) is 0 Å². The number of benzene rings is 2. The zero-order chi connectivity index (χ0) is 31.3. The number of ether oxygens (including phenoxy) is 1. The van der Waals surface area contributed by atoms with E-state index < -0.39 is 35.6 Å². The van der Waals surface area contributed by atoms with Crippen molar-refractivity contribution >= 4 is 23.8 Å². The van der Waals surface area contributed by atoms with Gasteiger partial charge < -0.3 is 26.0 Å². The number of nitrogens with two attached hydrogens (primary N) is 1. The van der Waals surface area contributed by atoms with Gasteiger partial charge in [-0.15, -0.1) is 0 Å². The third kappa shape index (κ3) is 11.5. The maximum absolute atomic E-state index is 14.3. The van der Waals surface area contributed by atoms with Crippen LogP contribution < -0.4 is 16.4 Å². The summed E-state index contributed by atoms with van der Waals surface area (Å²) in [4.78, 5) is 54.2. The number of nitrogens with zero attached hydrogens (tertiary/aromatic N) is 1. The highest BCUT2D eigenvalue weighted by atomic mass is 16.6. The number of carbonyl (C=O) groups excluding carboxylic acids is 4. The highest BCUT2D eigenvalue weighted by Gasteiger charge is 2.36. The SMILES string of the molecule is CCCCCCN(C(=O)C(CCC(N)=O)NC(=O)OC(C)(C)C)C(C(=O)NCc1ccccc1)c1ccc(C)c(C)c1. The van der Waals surface area contributed by atoms with Crippen LogP contribution in [0.4, 0.5) is 4.79 Å². The molecule has 0 aromatic heterocycles. The molecule has 0 radical (unpaired) electrons. The minimum Gasteiger partial charge on any atom is -0.444 e. The summed E-state index contributed by atoms with van der Waals surface area (Å²) in [6, 6.07) is 13.2. The molecule has 230 valence electrons. The summed E-state index contributed by atoms with van der Waals surface area (Å²) >= 11 is 0. The number of unbranched alkanes of at least 4 members (excludes halogenated alkanes) is 3. The molecule has 0 aliphatic rings. The third-order valence-electron chi connectivity index (χ3n) is 6.92. The van der Waals surface area contributed by atoms with Crippen molar-refractivity contribution in [3.8, 4) is 0 Å². The fourth-order valence-corrected chi connectivity index (χ4v) is 4.56. The van der Waals surface area contributed by atoms with Gasteiger partial charge in [0.1, 0.15) is 17.7 Å². The van der Waals surface area contributed by atoms with Crippen LogP contribution >= 0.6 is 0 Å². The monoisotopic (exact) mass is 580 g/mol. The lowest BCUT2D eigenvalue weighted by molar-refractivity contribution is -0.143. The van der Waals surface area contributed by atoms with Gasteiger partial charge in [-0.05, 0) is 69.7 Å². The van der Waals surface area contributed by atoms with Gasteiger partial charge >= 0.3 is 6.09 Å². The van der Waals surface area contributed by atoms with Crippen LogP contribution in [0.25, 0.3) is 0 Å². The molecule has 2 rings (SSSR count). The molecular formula is C33H48N4O5. The van der Waals surface area contributed by atoms with Crippen LogP contribution in [0.1, 0.15) is 94.5 Å². The number of aryl methyl sites for hydroxylation is 2. The highest BCUT2D eigenvalue weighted by molar-refractivity contribution is 5.92. The smallest absolute Gasteiger partial charge is 0.408 e. The fraction of sp³-hybridized carbons (Fsp3) is 0.515. The number of primary amides is 1. The van der Waals surface area contributed by atoms with Crippen LogP contribution in [0, 0.1) is 13.8 Å². The maximum Gasteiger partial charge on any atom is 0.408 e. The molecule has 2 aromatic rings. The number of carbonyl (C=O) groups is 4. The topological polar surface area (TPSA) is 131 Å². The Kier molecular flexibility index (Phi) is 13.5. The molecule has 0 aliphatic heterocycles. The quantitative estimate of drug-likeness (QED) is 0.248. The number of hydrogen-bond donors (Lipinski definition) is 3. The Labute approximate surface area is 250 Å². The average Bonchev–Trinajstić information content (AvgIpc) is 2.92. The van der Waals surface area contributed by atoms with E-state index in [4.69, 9.17) is 10.5 Å². The van der Waals surface area contributed by atoms with Crippen LogP contribution in [0.5, 0.6) is 0 Å².